The molecule has 0 aromatic carbocycles. The molecule has 104 valence electrons. The second-order valence-corrected chi connectivity index (χ2v) is 4.94. The summed E-state index contributed by atoms with van der Waals surface area (Å²) in [5.41, 5.74) is 8.20. The summed E-state index contributed by atoms with van der Waals surface area (Å²) in [4.78, 5) is 7.77. The van der Waals surface area contributed by atoms with Crippen molar-refractivity contribution in [3.05, 3.63) is 58.2 Å². The van der Waals surface area contributed by atoms with Gasteiger partial charge in [-0.3, -0.25) is 0 Å². The predicted octanol–water partition coefficient (Wildman–Crippen LogP) is 3.04. The van der Waals surface area contributed by atoms with Gasteiger partial charge in [-0.05, 0) is 39.7 Å². The highest BCUT2D eigenvalue weighted by Crippen LogP contribution is 2.28. The zero-order chi connectivity index (χ0) is 14.5. The number of pyridine rings is 2. The van der Waals surface area contributed by atoms with Crippen molar-refractivity contribution in [3.8, 4) is 0 Å². The number of anilines is 1. The fraction of sp³-hybridized carbons (Fsp3) is 0.143. The summed E-state index contributed by atoms with van der Waals surface area (Å²) in [6, 6.07) is 4.80. The van der Waals surface area contributed by atoms with E-state index in [1.54, 1.807) is 19.4 Å². The van der Waals surface area contributed by atoms with Crippen LogP contribution in [0.4, 0.5) is 10.2 Å². The van der Waals surface area contributed by atoms with Crippen LogP contribution in [0.2, 0.25) is 0 Å². The van der Waals surface area contributed by atoms with Crippen LogP contribution in [0.25, 0.3) is 5.57 Å². The van der Waals surface area contributed by atoms with E-state index in [4.69, 9.17) is 10.5 Å². The molecule has 0 amide bonds. The molecule has 0 aliphatic heterocycles. The molecule has 2 N–H and O–H groups in total. The van der Waals surface area contributed by atoms with Gasteiger partial charge < -0.3 is 10.5 Å². The summed E-state index contributed by atoms with van der Waals surface area (Å²) in [6.07, 6.45) is 4.93. The van der Waals surface area contributed by atoms with E-state index < -0.39 is 5.95 Å². The molecule has 0 unspecified atom stereocenters. The first kappa shape index (κ1) is 14.6. The number of ether oxygens (including phenoxy) is 1. The Morgan fingerprint density at radius 1 is 1.40 bits per heavy atom. The van der Waals surface area contributed by atoms with E-state index in [9.17, 15) is 4.39 Å². The largest absolute Gasteiger partial charge is 0.383 e. The molecular formula is C14H13BrFN3O. The molecule has 0 spiro atoms. The molecule has 4 nitrogen and oxygen atoms in total. The normalized spacial score (nSPS) is 11.7. The van der Waals surface area contributed by atoms with E-state index in [-0.39, 0.29) is 0 Å². The molecule has 0 aliphatic carbocycles. The van der Waals surface area contributed by atoms with Crippen LogP contribution >= 0.6 is 15.9 Å². The average molecular weight is 338 g/mol. The van der Waals surface area contributed by atoms with Crippen LogP contribution < -0.4 is 5.73 Å². The van der Waals surface area contributed by atoms with Gasteiger partial charge in [-0.25, -0.2) is 9.97 Å². The molecule has 0 radical (unpaired) electrons. The molecule has 0 saturated carbocycles. The van der Waals surface area contributed by atoms with Gasteiger partial charge in [0.2, 0.25) is 5.95 Å². The van der Waals surface area contributed by atoms with E-state index in [1.807, 2.05) is 12.1 Å². The SMILES string of the molecule is COC/C=C(\c1ccc(F)nc1)c1cc(Br)cnc1N. The molecule has 6 heteroatoms. The van der Waals surface area contributed by atoms with Crippen LogP contribution in [-0.2, 0) is 4.74 Å². The quantitative estimate of drug-likeness (QED) is 0.871. The van der Waals surface area contributed by atoms with Gasteiger partial charge in [0.15, 0.2) is 0 Å². The molecule has 0 atom stereocenters. The Bertz CT molecular complexity index is 629. The maximum Gasteiger partial charge on any atom is 0.212 e. The number of nitrogens with zero attached hydrogens (tertiary/aromatic N) is 2. The van der Waals surface area contributed by atoms with Gasteiger partial charge in [-0.2, -0.15) is 4.39 Å². The minimum atomic E-state index is -0.528. The standard InChI is InChI=1S/C14H13BrFN3O/c1-20-5-4-11(9-2-3-13(16)18-7-9)12-6-10(15)8-19-14(12)17/h2-4,6-8H,5H2,1H3,(H2,17,19)/b11-4+. The fourth-order valence-electron chi connectivity index (χ4n) is 1.75. The highest BCUT2D eigenvalue weighted by molar-refractivity contribution is 9.10. The monoisotopic (exact) mass is 337 g/mol. The van der Waals surface area contributed by atoms with Gasteiger partial charge in [-0.15, -0.1) is 0 Å². The lowest BCUT2D eigenvalue weighted by atomic mass is 9.99. The summed E-state index contributed by atoms with van der Waals surface area (Å²) in [5.74, 6) is -0.139. The minimum absolute atomic E-state index is 0.389. The lowest BCUT2D eigenvalue weighted by Gasteiger charge is -2.11. The number of methoxy groups -OCH3 is 1. The maximum absolute atomic E-state index is 12.9. The topological polar surface area (TPSA) is 61.0 Å². The zero-order valence-electron chi connectivity index (χ0n) is 10.8. The molecule has 0 saturated heterocycles. The Morgan fingerprint density at radius 2 is 2.20 bits per heavy atom. The van der Waals surface area contributed by atoms with Crippen LogP contribution in [0.15, 0.2) is 41.1 Å². The fourth-order valence-corrected chi connectivity index (χ4v) is 2.08. The molecule has 2 rings (SSSR count). The predicted molar refractivity (Wildman–Crippen MR) is 79.5 cm³/mol. The number of nitrogens with two attached hydrogens (primary N) is 1. The molecule has 2 aromatic heterocycles. The Morgan fingerprint density at radius 3 is 2.85 bits per heavy atom. The van der Waals surface area contributed by atoms with Crippen molar-refractivity contribution in [1.82, 2.24) is 9.97 Å². The maximum atomic E-state index is 12.9. The van der Waals surface area contributed by atoms with Crippen LogP contribution in [0, 0.1) is 5.95 Å². The molecule has 0 aliphatic rings. The number of aromatic nitrogens is 2. The van der Waals surface area contributed by atoms with Gasteiger partial charge >= 0.3 is 0 Å². The second kappa shape index (κ2) is 6.58. The number of halogens is 2. The summed E-state index contributed by atoms with van der Waals surface area (Å²) in [6.45, 7) is 0.401. The third kappa shape index (κ3) is 3.40. The van der Waals surface area contributed by atoms with Crippen LogP contribution in [0.1, 0.15) is 11.1 Å². The van der Waals surface area contributed by atoms with Crippen molar-refractivity contribution < 1.29 is 9.13 Å². The number of rotatable bonds is 4. The van der Waals surface area contributed by atoms with Crippen molar-refractivity contribution in [1.29, 1.82) is 0 Å². The summed E-state index contributed by atoms with van der Waals surface area (Å²) in [7, 11) is 1.60. The van der Waals surface area contributed by atoms with Gasteiger partial charge in [-0.1, -0.05) is 6.08 Å². The van der Waals surface area contributed by atoms with Crippen molar-refractivity contribution in [2.75, 3.05) is 19.5 Å². The lowest BCUT2D eigenvalue weighted by Crippen LogP contribution is -2.00. The second-order valence-electron chi connectivity index (χ2n) is 4.03. The Labute approximate surface area is 124 Å². The number of hydrogen-bond donors (Lipinski definition) is 1. The number of nitrogen functional groups attached to an aromatic ring is 1. The highest BCUT2D eigenvalue weighted by Gasteiger charge is 2.11. The Kier molecular flexibility index (Phi) is 4.81. The molecular weight excluding hydrogens is 325 g/mol. The van der Waals surface area contributed by atoms with E-state index in [2.05, 4.69) is 25.9 Å². The molecule has 2 heterocycles. The van der Waals surface area contributed by atoms with Crippen LogP contribution in [-0.4, -0.2) is 23.7 Å². The lowest BCUT2D eigenvalue weighted by molar-refractivity contribution is 0.234. The summed E-state index contributed by atoms with van der Waals surface area (Å²) < 4.78 is 18.8. The first-order chi connectivity index (χ1) is 9.61. The van der Waals surface area contributed by atoms with E-state index in [1.165, 1.54) is 12.3 Å². The van der Waals surface area contributed by atoms with Crippen molar-refractivity contribution in [2.45, 2.75) is 0 Å². The van der Waals surface area contributed by atoms with Gasteiger partial charge in [0.1, 0.15) is 5.82 Å². The zero-order valence-corrected chi connectivity index (χ0v) is 12.4. The third-order valence-electron chi connectivity index (χ3n) is 2.67. The smallest absolute Gasteiger partial charge is 0.212 e. The molecule has 0 fully saturated rings. The molecule has 20 heavy (non-hydrogen) atoms. The van der Waals surface area contributed by atoms with Crippen molar-refractivity contribution in [3.63, 3.8) is 0 Å². The van der Waals surface area contributed by atoms with Gasteiger partial charge in [0.25, 0.3) is 0 Å². The van der Waals surface area contributed by atoms with Crippen LogP contribution in [0.5, 0.6) is 0 Å². The first-order valence-electron chi connectivity index (χ1n) is 5.84. The number of hydrogen-bond acceptors (Lipinski definition) is 4. The minimum Gasteiger partial charge on any atom is -0.383 e. The van der Waals surface area contributed by atoms with E-state index >= 15 is 0 Å². The van der Waals surface area contributed by atoms with Gasteiger partial charge in [0.05, 0.1) is 6.61 Å². The van der Waals surface area contributed by atoms with Crippen molar-refractivity contribution in [2.24, 2.45) is 0 Å². The molecule has 0 bridgehead atoms. The van der Waals surface area contributed by atoms with E-state index in [0.29, 0.717) is 12.4 Å². The highest BCUT2D eigenvalue weighted by atomic mass is 79.9. The summed E-state index contributed by atoms with van der Waals surface area (Å²) in [5, 5.41) is 0. The van der Waals surface area contributed by atoms with E-state index in [0.717, 1.165) is 21.2 Å². The van der Waals surface area contributed by atoms with Crippen molar-refractivity contribution >= 4 is 27.3 Å². The van der Waals surface area contributed by atoms with Crippen LogP contribution in [0.3, 0.4) is 0 Å². The Balaban J connectivity index is 2.53. The third-order valence-corrected chi connectivity index (χ3v) is 3.10. The van der Waals surface area contributed by atoms with Gasteiger partial charge in [0, 0.05) is 35.1 Å². The molecule has 2 aromatic rings. The first-order valence-corrected chi connectivity index (χ1v) is 6.63. The Hall–Kier alpha value is -1.79. The summed E-state index contributed by atoms with van der Waals surface area (Å²) >= 11 is 3.36. The average Bonchev–Trinajstić information content (AvgIpc) is 2.44.